The lowest BCUT2D eigenvalue weighted by molar-refractivity contribution is -0.141. The van der Waals surface area contributed by atoms with Crippen LogP contribution in [0.3, 0.4) is 0 Å². The quantitative estimate of drug-likeness (QED) is 0.759. The van der Waals surface area contributed by atoms with E-state index in [-0.39, 0.29) is 12.4 Å². The van der Waals surface area contributed by atoms with Gasteiger partial charge in [-0.1, -0.05) is 18.2 Å². The fourth-order valence-corrected chi connectivity index (χ4v) is 3.64. The number of ether oxygens (including phenoxy) is 1. The molecule has 0 aliphatic carbocycles. The maximum atomic E-state index is 12.6. The molecule has 146 valence electrons. The number of hydrogen-bond acceptors (Lipinski definition) is 4. The first-order chi connectivity index (χ1) is 12.6. The standard InChI is InChI=1S/C21H28N2O3S/c1-14-8-7-9-15(2)20(14)16-10-11-22-17(12-16)18(13-19(24)26-6)23-27(25)21(3,4)5/h7-12,18,23H,13H2,1-6H3/t18-,27+/m0/s1. The van der Waals surface area contributed by atoms with Gasteiger partial charge in [-0.25, -0.2) is 8.93 Å². The van der Waals surface area contributed by atoms with Gasteiger partial charge in [0, 0.05) is 6.20 Å². The molecular formula is C21H28N2O3S. The van der Waals surface area contributed by atoms with Gasteiger partial charge in [-0.05, 0) is 69.0 Å². The highest BCUT2D eigenvalue weighted by atomic mass is 32.2. The van der Waals surface area contributed by atoms with Gasteiger partial charge < -0.3 is 4.74 Å². The second kappa shape index (κ2) is 8.76. The molecule has 0 fully saturated rings. The molecular weight excluding hydrogens is 360 g/mol. The van der Waals surface area contributed by atoms with Crippen LogP contribution in [-0.4, -0.2) is 27.0 Å². The number of carbonyl (C=O) groups is 1. The van der Waals surface area contributed by atoms with Crippen LogP contribution < -0.4 is 4.72 Å². The monoisotopic (exact) mass is 388 g/mol. The number of aromatic nitrogens is 1. The molecule has 2 aromatic rings. The van der Waals surface area contributed by atoms with E-state index in [9.17, 15) is 9.00 Å². The molecule has 1 heterocycles. The van der Waals surface area contributed by atoms with Gasteiger partial charge in [-0.15, -0.1) is 0 Å². The molecule has 0 unspecified atom stereocenters. The Morgan fingerprint density at radius 3 is 2.41 bits per heavy atom. The highest BCUT2D eigenvalue weighted by Gasteiger charge is 2.26. The Labute approximate surface area is 164 Å². The number of nitrogens with one attached hydrogen (secondary N) is 1. The smallest absolute Gasteiger partial charge is 0.307 e. The summed E-state index contributed by atoms with van der Waals surface area (Å²) in [5.74, 6) is -0.377. The van der Waals surface area contributed by atoms with E-state index in [1.54, 1.807) is 6.20 Å². The number of rotatable bonds is 6. The molecule has 1 aromatic heterocycles. The van der Waals surface area contributed by atoms with Crippen LogP contribution in [-0.2, 0) is 20.5 Å². The van der Waals surface area contributed by atoms with Crippen LogP contribution in [0, 0.1) is 13.8 Å². The second-order valence-corrected chi connectivity index (χ2v) is 9.57. The van der Waals surface area contributed by atoms with Crippen molar-refractivity contribution in [1.29, 1.82) is 0 Å². The Hall–Kier alpha value is -2.05. The molecule has 5 nitrogen and oxygen atoms in total. The van der Waals surface area contributed by atoms with Gasteiger partial charge in [0.25, 0.3) is 0 Å². The number of nitrogens with zero attached hydrogens (tertiary/aromatic N) is 1. The SMILES string of the molecule is COC(=O)C[C@H](N[S@](=O)C(C)(C)C)c1cc(-c2c(C)cccc2C)ccn1. The molecule has 1 N–H and O–H groups in total. The van der Waals surface area contributed by atoms with E-state index in [2.05, 4.69) is 35.7 Å². The molecule has 2 atom stereocenters. The largest absolute Gasteiger partial charge is 0.469 e. The summed E-state index contributed by atoms with van der Waals surface area (Å²) >= 11 is 0. The first kappa shape index (κ1) is 21.3. The van der Waals surface area contributed by atoms with E-state index < -0.39 is 21.8 Å². The minimum Gasteiger partial charge on any atom is -0.469 e. The maximum absolute atomic E-state index is 12.6. The van der Waals surface area contributed by atoms with E-state index in [1.807, 2.05) is 39.0 Å². The molecule has 0 aliphatic rings. The first-order valence-corrected chi connectivity index (χ1v) is 10.1. The molecule has 0 saturated heterocycles. The Balaban J connectivity index is 2.44. The zero-order valence-corrected chi connectivity index (χ0v) is 17.6. The zero-order chi connectivity index (χ0) is 20.2. The Bertz CT molecular complexity index is 823. The summed E-state index contributed by atoms with van der Waals surface area (Å²) in [6.45, 7) is 9.78. The van der Waals surface area contributed by atoms with Gasteiger partial charge in [0.15, 0.2) is 0 Å². The lowest BCUT2D eigenvalue weighted by Gasteiger charge is -2.24. The average Bonchev–Trinajstić information content (AvgIpc) is 2.60. The number of aryl methyl sites for hydroxylation is 2. The van der Waals surface area contributed by atoms with Crippen molar-refractivity contribution in [1.82, 2.24) is 9.71 Å². The van der Waals surface area contributed by atoms with Crippen molar-refractivity contribution >= 4 is 17.0 Å². The fourth-order valence-electron chi connectivity index (χ4n) is 2.83. The molecule has 2 rings (SSSR count). The minimum absolute atomic E-state index is 0.0571. The van der Waals surface area contributed by atoms with Crippen molar-refractivity contribution in [3.63, 3.8) is 0 Å². The lowest BCUT2D eigenvalue weighted by atomic mass is 9.95. The third-order valence-corrected chi connectivity index (χ3v) is 5.92. The first-order valence-electron chi connectivity index (χ1n) is 8.91. The predicted molar refractivity (Wildman–Crippen MR) is 110 cm³/mol. The second-order valence-electron chi connectivity index (χ2n) is 7.57. The molecule has 0 radical (unpaired) electrons. The van der Waals surface area contributed by atoms with E-state index in [0.717, 1.165) is 11.1 Å². The molecule has 0 aliphatic heterocycles. The van der Waals surface area contributed by atoms with E-state index in [4.69, 9.17) is 4.74 Å². The third kappa shape index (κ3) is 5.47. The number of esters is 1. The Morgan fingerprint density at radius 2 is 1.85 bits per heavy atom. The van der Waals surface area contributed by atoms with Crippen LogP contribution in [0.15, 0.2) is 36.5 Å². The van der Waals surface area contributed by atoms with Crippen LogP contribution in [0.4, 0.5) is 0 Å². The Kier molecular flexibility index (Phi) is 6.89. The van der Waals surface area contributed by atoms with Crippen molar-refractivity contribution in [2.45, 2.75) is 51.8 Å². The number of pyridine rings is 1. The molecule has 27 heavy (non-hydrogen) atoms. The van der Waals surface area contributed by atoms with Crippen LogP contribution in [0.1, 0.15) is 50.1 Å². The van der Waals surface area contributed by atoms with Gasteiger partial charge in [0.2, 0.25) is 0 Å². The van der Waals surface area contributed by atoms with Crippen molar-refractivity contribution in [2.75, 3.05) is 7.11 Å². The van der Waals surface area contributed by atoms with Crippen molar-refractivity contribution in [3.8, 4) is 11.1 Å². The Morgan fingerprint density at radius 1 is 1.22 bits per heavy atom. The summed E-state index contributed by atoms with van der Waals surface area (Å²) in [7, 11) is 0.00391. The zero-order valence-electron chi connectivity index (χ0n) is 16.8. The maximum Gasteiger partial charge on any atom is 0.307 e. The summed E-state index contributed by atoms with van der Waals surface area (Å²) in [4.78, 5) is 16.3. The number of carbonyl (C=O) groups excluding carboxylic acids is 1. The fraction of sp³-hybridized carbons (Fsp3) is 0.429. The van der Waals surface area contributed by atoms with Crippen LogP contribution in [0.25, 0.3) is 11.1 Å². The van der Waals surface area contributed by atoms with E-state index in [1.165, 1.54) is 18.2 Å². The summed E-state index contributed by atoms with van der Waals surface area (Å²) in [5.41, 5.74) is 5.17. The minimum atomic E-state index is -1.34. The summed E-state index contributed by atoms with van der Waals surface area (Å²) < 4.78 is 20.0. The number of methoxy groups -OCH3 is 1. The topological polar surface area (TPSA) is 68.3 Å². The summed E-state index contributed by atoms with van der Waals surface area (Å²) in [5, 5.41) is 0. The van der Waals surface area contributed by atoms with Crippen molar-refractivity contribution < 1.29 is 13.7 Å². The summed E-state index contributed by atoms with van der Waals surface area (Å²) in [6.07, 6.45) is 1.78. The average molecular weight is 389 g/mol. The number of hydrogen-bond donors (Lipinski definition) is 1. The number of benzene rings is 1. The van der Waals surface area contributed by atoms with Gasteiger partial charge in [-0.2, -0.15) is 0 Å². The normalized spacial score (nSPS) is 13.9. The predicted octanol–water partition coefficient (Wildman–Crippen LogP) is 4.02. The molecule has 0 amide bonds. The highest BCUT2D eigenvalue weighted by molar-refractivity contribution is 7.84. The third-order valence-electron chi connectivity index (χ3n) is 4.31. The van der Waals surface area contributed by atoms with Crippen molar-refractivity contribution in [2.24, 2.45) is 0 Å². The molecule has 0 saturated carbocycles. The summed E-state index contributed by atoms with van der Waals surface area (Å²) in [6, 6.07) is 9.58. The van der Waals surface area contributed by atoms with Crippen molar-refractivity contribution in [3.05, 3.63) is 53.3 Å². The van der Waals surface area contributed by atoms with Gasteiger partial charge in [0.05, 0.1) is 41.0 Å². The highest BCUT2D eigenvalue weighted by Crippen LogP contribution is 2.29. The molecule has 0 bridgehead atoms. The van der Waals surface area contributed by atoms with Gasteiger partial charge >= 0.3 is 5.97 Å². The van der Waals surface area contributed by atoms with Gasteiger partial charge in [-0.3, -0.25) is 9.78 Å². The van der Waals surface area contributed by atoms with Gasteiger partial charge in [0.1, 0.15) is 0 Å². The van der Waals surface area contributed by atoms with Crippen LogP contribution in [0.5, 0.6) is 0 Å². The lowest BCUT2D eigenvalue weighted by Crippen LogP contribution is -2.37. The van der Waals surface area contributed by atoms with Crippen LogP contribution in [0.2, 0.25) is 0 Å². The molecule has 6 heteroatoms. The van der Waals surface area contributed by atoms with Crippen LogP contribution >= 0.6 is 0 Å². The van der Waals surface area contributed by atoms with E-state index in [0.29, 0.717) is 5.69 Å². The molecule has 0 spiro atoms. The van der Waals surface area contributed by atoms with E-state index >= 15 is 0 Å². The molecule has 1 aromatic carbocycles.